The largest absolute Gasteiger partial charge is 0.344 e. The number of quaternary nitrogens is 1. The van der Waals surface area contributed by atoms with E-state index in [0.29, 0.717) is 25.3 Å². The van der Waals surface area contributed by atoms with Crippen molar-refractivity contribution in [2.45, 2.75) is 51.6 Å². The molecule has 3 rings (SSSR count). The summed E-state index contributed by atoms with van der Waals surface area (Å²) in [5.41, 5.74) is 4.02. The van der Waals surface area contributed by atoms with Crippen LogP contribution in [0.4, 0.5) is 4.79 Å². The molecule has 0 radical (unpaired) electrons. The number of hydrogen-bond acceptors (Lipinski definition) is 3. The highest BCUT2D eigenvalue weighted by atomic mass is 16.2. The number of benzene rings is 1. The monoisotopic (exact) mass is 373 g/mol. The normalized spacial score (nSPS) is 26.2. The van der Waals surface area contributed by atoms with Gasteiger partial charge in [-0.2, -0.15) is 5.01 Å². The topological polar surface area (TPSA) is 82.9 Å². The molecule has 3 N–H and O–H groups in total. The van der Waals surface area contributed by atoms with Crippen LogP contribution in [-0.4, -0.2) is 42.0 Å². The third kappa shape index (κ3) is 4.13. The average Bonchev–Trinajstić information content (AvgIpc) is 2.84. The number of rotatable bonds is 5. The van der Waals surface area contributed by atoms with Gasteiger partial charge in [0.15, 0.2) is 6.54 Å². The van der Waals surface area contributed by atoms with Crippen molar-refractivity contribution in [1.29, 1.82) is 0 Å². The van der Waals surface area contributed by atoms with E-state index in [2.05, 4.69) is 17.7 Å². The van der Waals surface area contributed by atoms with Gasteiger partial charge in [0.25, 0.3) is 11.8 Å². The van der Waals surface area contributed by atoms with Crippen molar-refractivity contribution in [3.05, 3.63) is 35.4 Å². The Morgan fingerprint density at radius 2 is 1.96 bits per heavy atom. The smallest absolute Gasteiger partial charge is 0.326 e. The van der Waals surface area contributed by atoms with Gasteiger partial charge in [-0.15, -0.1) is 0 Å². The number of aryl methyl sites for hydroxylation is 1. The summed E-state index contributed by atoms with van der Waals surface area (Å²) >= 11 is 0. The van der Waals surface area contributed by atoms with Crippen LogP contribution in [0.15, 0.2) is 24.3 Å². The van der Waals surface area contributed by atoms with Crippen LogP contribution >= 0.6 is 0 Å². The minimum atomic E-state index is -0.837. The van der Waals surface area contributed by atoms with Crippen LogP contribution in [0, 0.1) is 12.8 Å². The molecule has 2 fully saturated rings. The standard InChI is InChI=1S/C20H28N4O3/c1-14-8-10-20(11-9-14)18(26)24(19(27)21-20)22-17(25)13-23(3)12-16-7-5-4-6-15(16)2/h4-7,14H,8-13H2,1-3H3,(H,21,27)(H,22,25)/p+1. The van der Waals surface area contributed by atoms with E-state index < -0.39 is 11.6 Å². The highest BCUT2D eigenvalue weighted by Gasteiger charge is 2.52. The summed E-state index contributed by atoms with van der Waals surface area (Å²) in [6.07, 6.45) is 3.06. The highest BCUT2D eigenvalue weighted by Crippen LogP contribution is 2.35. The van der Waals surface area contributed by atoms with Crippen LogP contribution in [-0.2, 0) is 16.1 Å². The lowest BCUT2D eigenvalue weighted by molar-refractivity contribution is -0.885. The molecule has 1 heterocycles. The van der Waals surface area contributed by atoms with E-state index in [9.17, 15) is 14.4 Å². The lowest BCUT2D eigenvalue weighted by Crippen LogP contribution is -3.09. The van der Waals surface area contributed by atoms with Crippen LogP contribution in [0.5, 0.6) is 0 Å². The minimum absolute atomic E-state index is 0.176. The van der Waals surface area contributed by atoms with Crippen LogP contribution in [0.3, 0.4) is 0 Å². The van der Waals surface area contributed by atoms with Crippen molar-refractivity contribution in [1.82, 2.24) is 15.8 Å². The molecule has 1 atom stereocenters. The van der Waals surface area contributed by atoms with E-state index in [1.54, 1.807) is 0 Å². The van der Waals surface area contributed by atoms with Crippen molar-refractivity contribution in [2.75, 3.05) is 13.6 Å². The Bertz CT molecular complexity index is 740. The molecule has 4 amide bonds. The number of amides is 4. The molecule has 1 aliphatic carbocycles. The van der Waals surface area contributed by atoms with Crippen LogP contribution < -0.4 is 15.6 Å². The van der Waals surface area contributed by atoms with Gasteiger partial charge < -0.3 is 10.2 Å². The summed E-state index contributed by atoms with van der Waals surface area (Å²) in [6.45, 7) is 5.07. The number of carbonyl (C=O) groups excluding carboxylic acids is 3. The SMILES string of the molecule is Cc1ccccc1C[NH+](C)CC(=O)NN1C(=O)NC2(CCC(C)CC2)C1=O. The van der Waals surface area contributed by atoms with Crippen LogP contribution in [0.1, 0.15) is 43.7 Å². The molecule has 7 nitrogen and oxygen atoms in total. The van der Waals surface area contributed by atoms with E-state index in [1.165, 1.54) is 11.1 Å². The number of imide groups is 1. The number of nitrogens with zero attached hydrogens (tertiary/aromatic N) is 1. The zero-order valence-corrected chi connectivity index (χ0v) is 16.3. The van der Waals surface area contributed by atoms with Gasteiger partial charge in [0.2, 0.25) is 0 Å². The maximum Gasteiger partial charge on any atom is 0.344 e. The Hall–Kier alpha value is -2.41. The van der Waals surface area contributed by atoms with Crippen molar-refractivity contribution in [3.63, 3.8) is 0 Å². The van der Waals surface area contributed by atoms with Gasteiger partial charge in [0.05, 0.1) is 7.05 Å². The Morgan fingerprint density at radius 1 is 1.30 bits per heavy atom. The van der Waals surface area contributed by atoms with Crippen molar-refractivity contribution in [3.8, 4) is 0 Å². The fourth-order valence-corrected chi connectivity index (χ4v) is 3.95. The van der Waals surface area contributed by atoms with E-state index in [0.717, 1.165) is 22.8 Å². The van der Waals surface area contributed by atoms with E-state index >= 15 is 0 Å². The summed E-state index contributed by atoms with van der Waals surface area (Å²) < 4.78 is 0. The molecule has 1 saturated carbocycles. The number of hydrogen-bond donors (Lipinski definition) is 3. The molecule has 1 aliphatic heterocycles. The molecule has 27 heavy (non-hydrogen) atoms. The maximum absolute atomic E-state index is 12.8. The predicted molar refractivity (Wildman–Crippen MR) is 101 cm³/mol. The van der Waals surface area contributed by atoms with Gasteiger partial charge in [-0.05, 0) is 44.1 Å². The molecule has 1 unspecified atom stereocenters. The first kappa shape index (κ1) is 19.4. The molecule has 1 spiro atoms. The molecular weight excluding hydrogens is 344 g/mol. The third-order valence-corrected chi connectivity index (χ3v) is 5.74. The fraction of sp³-hybridized carbons (Fsp3) is 0.550. The predicted octanol–water partition coefficient (Wildman–Crippen LogP) is 0.542. The highest BCUT2D eigenvalue weighted by molar-refractivity contribution is 6.08. The first-order chi connectivity index (χ1) is 12.8. The van der Waals surface area contributed by atoms with Crippen molar-refractivity contribution in [2.24, 2.45) is 5.92 Å². The third-order valence-electron chi connectivity index (χ3n) is 5.74. The lowest BCUT2D eigenvalue weighted by atomic mass is 9.77. The zero-order valence-electron chi connectivity index (χ0n) is 16.3. The molecule has 2 aliphatic rings. The van der Waals surface area contributed by atoms with Gasteiger partial charge in [-0.3, -0.25) is 15.0 Å². The summed E-state index contributed by atoms with van der Waals surface area (Å²) in [5.74, 6) is -0.113. The Labute approximate surface area is 160 Å². The molecular formula is C20H29N4O3+. The zero-order chi connectivity index (χ0) is 19.6. The Kier molecular flexibility index (Phi) is 5.51. The summed E-state index contributed by atoms with van der Waals surface area (Å²) in [4.78, 5) is 38.4. The quantitative estimate of drug-likeness (QED) is 0.659. The van der Waals surface area contributed by atoms with Gasteiger partial charge in [0.1, 0.15) is 12.1 Å². The fourth-order valence-electron chi connectivity index (χ4n) is 3.95. The van der Waals surface area contributed by atoms with Crippen LogP contribution in [0.2, 0.25) is 0 Å². The first-order valence-electron chi connectivity index (χ1n) is 9.63. The second-order valence-corrected chi connectivity index (χ2v) is 8.11. The molecule has 146 valence electrons. The summed E-state index contributed by atoms with van der Waals surface area (Å²) in [7, 11) is 1.92. The number of urea groups is 1. The number of nitrogens with one attached hydrogen (secondary N) is 3. The van der Waals surface area contributed by atoms with Gasteiger partial charge in [-0.25, -0.2) is 4.79 Å². The first-order valence-corrected chi connectivity index (χ1v) is 9.63. The average molecular weight is 373 g/mol. The van der Waals surface area contributed by atoms with Crippen molar-refractivity contribution >= 4 is 17.8 Å². The van der Waals surface area contributed by atoms with E-state index in [-0.39, 0.29) is 18.4 Å². The summed E-state index contributed by atoms with van der Waals surface area (Å²) in [6, 6.07) is 7.52. The van der Waals surface area contributed by atoms with Gasteiger partial charge in [0, 0.05) is 5.56 Å². The van der Waals surface area contributed by atoms with Gasteiger partial charge >= 0.3 is 6.03 Å². The van der Waals surface area contributed by atoms with E-state index in [4.69, 9.17) is 0 Å². The number of likely N-dealkylation sites (N-methyl/N-ethyl adjacent to an activating group) is 1. The molecule has 1 aromatic carbocycles. The molecule has 7 heteroatoms. The molecule has 1 aromatic rings. The molecule has 0 aromatic heterocycles. The minimum Gasteiger partial charge on any atom is -0.326 e. The maximum atomic E-state index is 12.8. The second kappa shape index (κ2) is 7.68. The Balaban J connectivity index is 1.57. The lowest BCUT2D eigenvalue weighted by Gasteiger charge is -2.33. The van der Waals surface area contributed by atoms with Gasteiger partial charge in [-0.1, -0.05) is 31.2 Å². The second-order valence-electron chi connectivity index (χ2n) is 8.11. The van der Waals surface area contributed by atoms with E-state index in [1.807, 2.05) is 38.2 Å². The van der Waals surface area contributed by atoms with Crippen LogP contribution in [0.25, 0.3) is 0 Å². The molecule has 1 saturated heterocycles. The number of hydrazine groups is 1. The summed E-state index contributed by atoms with van der Waals surface area (Å²) in [5, 5.41) is 3.69. The number of carbonyl (C=O) groups is 3. The molecule has 0 bridgehead atoms. The van der Waals surface area contributed by atoms with Crippen molar-refractivity contribution < 1.29 is 19.3 Å². The Morgan fingerprint density at radius 3 is 2.63 bits per heavy atom.